The summed E-state index contributed by atoms with van der Waals surface area (Å²) in [6.45, 7) is -0.769. The van der Waals surface area contributed by atoms with E-state index >= 15 is 0 Å². The zero-order valence-electron chi connectivity index (χ0n) is 14.7. The molecule has 1 rings (SSSR count). The molecule has 0 spiro atoms. The third-order valence-corrected chi connectivity index (χ3v) is 7.67. The predicted octanol–water partition coefficient (Wildman–Crippen LogP) is 0.631. The van der Waals surface area contributed by atoms with Gasteiger partial charge in [0.1, 0.15) is 0 Å². The molecule has 1 aliphatic rings. The molecule has 4 N–H and O–H groups in total. The molecule has 1 aliphatic heterocycles. The molecule has 1 heterocycles. The highest BCUT2D eigenvalue weighted by molar-refractivity contribution is 8.55. The van der Waals surface area contributed by atoms with Gasteiger partial charge in [0.2, 0.25) is 11.8 Å². The first-order valence-electron chi connectivity index (χ1n) is 7.62. The predicted molar refractivity (Wildman–Crippen MR) is 94.4 cm³/mol. The topological polar surface area (TPSA) is 160 Å². The van der Waals surface area contributed by atoms with Crippen molar-refractivity contribution in [2.45, 2.75) is 26.4 Å². The van der Waals surface area contributed by atoms with Crippen LogP contribution in [0.5, 0.6) is 0 Å². The molecule has 11 nitrogen and oxygen atoms in total. The first-order valence-corrected chi connectivity index (χ1v) is 12.3. The van der Waals surface area contributed by atoms with Crippen LogP contribution in [0.2, 0.25) is 0 Å². The second kappa shape index (κ2) is 9.66. The minimum atomic E-state index is -5.00. The fraction of sp³-hybridized carbons (Fsp3) is 0.833. The van der Waals surface area contributed by atoms with E-state index in [1.54, 1.807) is 0 Å². The monoisotopic (exact) mass is 434 g/mol. The summed E-state index contributed by atoms with van der Waals surface area (Å²) in [5, 5.41) is 4.98. The molecule has 26 heavy (non-hydrogen) atoms. The van der Waals surface area contributed by atoms with Crippen LogP contribution in [0.25, 0.3) is 0 Å². The normalized spacial score (nSPS) is 29.3. The molecule has 1 saturated heterocycles. The van der Waals surface area contributed by atoms with Gasteiger partial charge in [-0.2, -0.15) is 0 Å². The SMILES string of the molecule is COP1(=O)OCC(C)(C)[C@@H](OP(=O)(O)O)C(=O)NCCC(=O)NCCS1. The Labute approximate surface area is 155 Å². The van der Waals surface area contributed by atoms with Crippen LogP contribution in [0.3, 0.4) is 0 Å². The van der Waals surface area contributed by atoms with Crippen LogP contribution in [0, 0.1) is 5.41 Å². The van der Waals surface area contributed by atoms with Gasteiger partial charge in [-0.15, -0.1) is 0 Å². The highest BCUT2D eigenvalue weighted by Gasteiger charge is 2.42. The van der Waals surface area contributed by atoms with E-state index in [1.807, 2.05) is 0 Å². The second-order valence-corrected chi connectivity index (χ2v) is 11.6. The van der Waals surface area contributed by atoms with E-state index in [-0.39, 0.29) is 37.8 Å². The number of carbonyl (C=O) groups excluding carboxylic acids is 2. The van der Waals surface area contributed by atoms with Crippen LogP contribution in [0.1, 0.15) is 20.3 Å². The van der Waals surface area contributed by atoms with Crippen LogP contribution in [-0.4, -0.2) is 60.3 Å². The third-order valence-electron chi connectivity index (χ3n) is 3.33. The van der Waals surface area contributed by atoms with E-state index in [4.69, 9.17) is 18.8 Å². The molecule has 0 bridgehead atoms. The summed E-state index contributed by atoms with van der Waals surface area (Å²) in [4.78, 5) is 42.2. The summed E-state index contributed by atoms with van der Waals surface area (Å²) >= 11 is 0.870. The smallest absolute Gasteiger partial charge is 0.355 e. The Balaban J connectivity index is 3.07. The molecule has 0 aromatic heterocycles. The minimum absolute atomic E-state index is 0.0299. The zero-order valence-corrected chi connectivity index (χ0v) is 17.3. The molecule has 1 unspecified atom stereocenters. The maximum Gasteiger partial charge on any atom is 0.470 e. The Morgan fingerprint density at radius 2 is 1.96 bits per heavy atom. The molecular weight excluding hydrogens is 410 g/mol. The number of hydrogen-bond acceptors (Lipinski definition) is 8. The number of hydrogen-bond donors (Lipinski definition) is 4. The Morgan fingerprint density at radius 1 is 1.31 bits per heavy atom. The van der Waals surface area contributed by atoms with Crippen LogP contribution in [0.15, 0.2) is 0 Å². The van der Waals surface area contributed by atoms with Crippen molar-refractivity contribution in [1.29, 1.82) is 0 Å². The van der Waals surface area contributed by atoms with E-state index in [1.165, 1.54) is 21.0 Å². The fourth-order valence-corrected chi connectivity index (χ4v) is 5.47. The summed E-state index contributed by atoms with van der Waals surface area (Å²) in [5.74, 6) is -0.902. The minimum Gasteiger partial charge on any atom is -0.355 e. The van der Waals surface area contributed by atoms with E-state index < -0.39 is 32.0 Å². The van der Waals surface area contributed by atoms with Gasteiger partial charge in [0.25, 0.3) is 0 Å². The maximum absolute atomic E-state index is 12.5. The van der Waals surface area contributed by atoms with Crippen molar-refractivity contribution < 1.29 is 42.1 Å². The number of phosphoric ester groups is 1. The Morgan fingerprint density at radius 3 is 2.54 bits per heavy atom. The molecule has 0 radical (unpaired) electrons. The van der Waals surface area contributed by atoms with Crippen LogP contribution >= 0.6 is 26.0 Å². The summed E-state index contributed by atoms with van der Waals surface area (Å²) in [7, 11) is -3.80. The molecule has 14 heteroatoms. The summed E-state index contributed by atoms with van der Waals surface area (Å²) in [6.07, 6.45) is -1.64. The van der Waals surface area contributed by atoms with Gasteiger partial charge in [-0.05, 0) is 11.4 Å². The molecule has 0 aromatic carbocycles. The van der Waals surface area contributed by atoms with Crippen molar-refractivity contribution in [2.24, 2.45) is 5.41 Å². The van der Waals surface area contributed by atoms with Gasteiger partial charge >= 0.3 is 14.6 Å². The highest BCUT2D eigenvalue weighted by Crippen LogP contribution is 2.60. The average molecular weight is 434 g/mol. The van der Waals surface area contributed by atoms with E-state index in [9.17, 15) is 18.7 Å². The van der Waals surface area contributed by atoms with E-state index in [0.29, 0.717) is 0 Å². The zero-order chi connectivity index (χ0) is 20.0. The van der Waals surface area contributed by atoms with Crippen LogP contribution < -0.4 is 10.6 Å². The van der Waals surface area contributed by atoms with Gasteiger partial charge in [-0.3, -0.25) is 14.1 Å². The van der Waals surface area contributed by atoms with Crippen molar-refractivity contribution in [2.75, 3.05) is 32.6 Å². The average Bonchev–Trinajstić information content (AvgIpc) is 2.53. The Kier molecular flexibility index (Phi) is 8.76. The van der Waals surface area contributed by atoms with Gasteiger partial charge in [-0.25, -0.2) is 9.13 Å². The molecule has 0 aromatic rings. The van der Waals surface area contributed by atoms with Crippen LogP contribution in [0.4, 0.5) is 0 Å². The first-order chi connectivity index (χ1) is 11.9. The largest absolute Gasteiger partial charge is 0.470 e. The molecule has 0 saturated carbocycles. The number of carbonyl (C=O) groups is 2. The number of nitrogens with one attached hydrogen (secondary N) is 2. The number of amides is 2. The van der Waals surface area contributed by atoms with E-state index in [2.05, 4.69) is 15.2 Å². The lowest BCUT2D eigenvalue weighted by molar-refractivity contribution is -0.136. The van der Waals surface area contributed by atoms with Gasteiger partial charge in [-0.1, -0.05) is 13.8 Å². The molecule has 1 fully saturated rings. The summed E-state index contributed by atoms with van der Waals surface area (Å²) in [6, 6.07) is 0. The van der Waals surface area contributed by atoms with Gasteiger partial charge < -0.3 is 29.5 Å². The Hall–Kier alpha value is -0.450. The lowest BCUT2D eigenvalue weighted by Crippen LogP contribution is -2.47. The van der Waals surface area contributed by atoms with Crippen LogP contribution in [-0.2, 0) is 32.3 Å². The number of rotatable bonds is 3. The molecule has 152 valence electrons. The molecule has 0 aliphatic carbocycles. The quantitative estimate of drug-likeness (QED) is 0.464. The highest BCUT2D eigenvalue weighted by atomic mass is 32.7. The lowest BCUT2D eigenvalue weighted by atomic mass is 9.87. The van der Waals surface area contributed by atoms with Gasteiger partial charge in [0.05, 0.1) is 6.61 Å². The summed E-state index contributed by atoms with van der Waals surface area (Å²) < 4.78 is 38.7. The lowest BCUT2D eigenvalue weighted by Gasteiger charge is -2.33. The first kappa shape index (κ1) is 23.6. The van der Waals surface area contributed by atoms with E-state index in [0.717, 1.165) is 11.4 Å². The van der Waals surface area contributed by atoms with Crippen molar-refractivity contribution in [3.63, 3.8) is 0 Å². The maximum atomic E-state index is 12.5. The molecular formula is C12H24N2O9P2S. The van der Waals surface area contributed by atoms with Gasteiger partial charge in [0.15, 0.2) is 6.10 Å². The Bertz CT molecular complexity index is 610. The van der Waals surface area contributed by atoms with Crippen molar-refractivity contribution in [3.05, 3.63) is 0 Å². The van der Waals surface area contributed by atoms with Crippen molar-refractivity contribution in [1.82, 2.24) is 10.6 Å². The summed E-state index contributed by atoms with van der Waals surface area (Å²) in [5.41, 5.74) is -1.26. The van der Waals surface area contributed by atoms with Crippen molar-refractivity contribution >= 4 is 37.8 Å². The second-order valence-electron chi connectivity index (χ2n) is 6.09. The standard InChI is InChI=1S/C12H24N2O9P2S/c1-12(2)8-22-25(20,21-3)26-7-6-13-9(15)4-5-14-11(16)10(12)23-24(17,18)19/h10H,4-8H2,1-3H3,(H,13,15)(H,14,16)(H2,17,18,19)/t10-,25?/m0/s1. The fourth-order valence-electron chi connectivity index (χ4n) is 1.97. The van der Waals surface area contributed by atoms with Crippen molar-refractivity contribution in [3.8, 4) is 0 Å². The number of phosphoric acid groups is 1. The molecule has 2 amide bonds. The molecule has 2 atom stereocenters. The third kappa shape index (κ3) is 8.06. The van der Waals surface area contributed by atoms with Gasteiger partial charge in [0, 0.05) is 37.8 Å².